The molecule has 1 amide bonds. The highest BCUT2D eigenvalue weighted by Crippen LogP contribution is 2.26. The third-order valence-electron chi connectivity index (χ3n) is 3.81. The van der Waals surface area contributed by atoms with Crippen molar-refractivity contribution in [1.82, 2.24) is 14.9 Å². The molecule has 0 bridgehead atoms. The lowest BCUT2D eigenvalue weighted by Crippen LogP contribution is -2.30. The molecule has 0 spiro atoms. The Labute approximate surface area is 159 Å². The molecule has 2 aromatic heterocycles. The maximum Gasteiger partial charge on any atom is 0.228 e. The molecule has 0 unspecified atom stereocenters. The van der Waals surface area contributed by atoms with E-state index in [1.165, 1.54) is 0 Å². The number of pyridine rings is 1. The monoisotopic (exact) mass is 415 g/mol. The summed E-state index contributed by atoms with van der Waals surface area (Å²) >= 11 is 5.04. The van der Waals surface area contributed by atoms with Crippen LogP contribution in [0.1, 0.15) is 11.4 Å². The van der Waals surface area contributed by atoms with Crippen molar-refractivity contribution in [3.05, 3.63) is 69.9 Å². The van der Waals surface area contributed by atoms with Gasteiger partial charge in [0.05, 0.1) is 12.1 Å². The minimum absolute atomic E-state index is 0.0713. The number of carbonyl (C=O) groups is 1. The Morgan fingerprint density at radius 2 is 2.08 bits per heavy atom. The quantitative estimate of drug-likeness (QED) is 0.605. The first-order valence-corrected chi connectivity index (χ1v) is 9.63. The molecule has 0 fully saturated rings. The third kappa shape index (κ3) is 4.96. The summed E-state index contributed by atoms with van der Waals surface area (Å²) in [6.45, 7) is 0.651. The standard InChI is InChI=1S/C19H18BrN3OS/c1-23(10-8-16-7-2-3-9-21-16)18(24)12-17-13-25-19(22-17)14-5-4-6-15(20)11-14/h2-7,9,11,13H,8,10,12H2,1H3. The van der Waals surface area contributed by atoms with Gasteiger partial charge in [-0.2, -0.15) is 0 Å². The fourth-order valence-electron chi connectivity index (χ4n) is 2.39. The summed E-state index contributed by atoms with van der Waals surface area (Å²) in [6.07, 6.45) is 2.85. The summed E-state index contributed by atoms with van der Waals surface area (Å²) in [4.78, 5) is 23.0. The van der Waals surface area contributed by atoms with Crippen LogP contribution in [-0.2, 0) is 17.6 Å². The van der Waals surface area contributed by atoms with E-state index in [0.717, 1.165) is 32.9 Å². The van der Waals surface area contributed by atoms with Crippen LogP contribution in [0, 0.1) is 0 Å². The molecule has 3 aromatic rings. The van der Waals surface area contributed by atoms with Gasteiger partial charge in [0.25, 0.3) is 0 Å². The zero-order valence-electron chi connectivity index (χ0n) is 13.9. The van der Waals surface area contributed by atoms with Gasteiger partial charge < -0.3 is 4.90 Å². The Kier molecular flexibility index (Phi) is 5.94. The van der Waals surface area contributed by atoms with Crippen molar-refractivity contribution in [2.45, 2.75) is 12.8 Å². The first kappa shape index (κ1) is 17.8. The zero-order chi connectivity index (χ0) is 17.6. The molecule has 0 aliphatic heterocycles. The van der Waals surface area contributed by atoms with Gasteiger partial charge in [-0.15, -0.1) is 11.3 Å². The fourth-order valence-corrected chi connectivity index (χ4v) is 3.60. The molecular weight excluding hydrogens is 398 g/mol. The molecule has 128 valence electrons. The number of benzene rings is 1. The minimum atomic E-state index is 0.0713. The van der Waals surface area contributed by atoms with Gasteiger partial charge in [0, 0.05) is 47.3 Å². The van der Waals surface area contributed by atoms with Gasteiger partial charge in [0.15, 0.2) is 0 Å². The van der Waals surface area contributed by atoms with E-state index in [-0.39, 0.29) is 5.91 Å². The second-order valence-electron chi connectivity index (χ2n) is 5.72. The van der Waals surface area contributed by atoms with Gasteiger partial charge in [-0.3, -0.25) is 9.78 Å². The van der Waals surface area contributed by atoms with Crippen LogP contribution in [0.5, 0.6) is 0 Å². The Balaban J connectivity index is 1.57. The smallest absolute Gasteiger partial charge is 0.228 e. The average Bonchev–Trinajstić information content (AvgIpc) is 3.09. The van der Waals surface area contributed by atoms with Gasteiger partial charge in [0.1, 0.15) is 5.01 Å². The number of aromatic nitrogens is 2. The van der Waals surface area contributed by atoms with Crippen LogP contribution in [0.15, 0.2) is 58.5 Å². The van der Waals surface area contributed by atoms with E-state index >= 15 is 0 Å². The topological polar surface area (TPSA) is 46.1 Å². The van der Waals surface area contributed by atoms with Crippen LogP contribution >= 0.6 is 27.3 Å². The summed E-state index contributed by atoms with van der Waals surface area (Å²) in [7, 11) is 1.83. The van der Waals surface area contributed by atoms with Crippen LogP contribution in [0.25, 0.3) is 10.6 Å². The number of amides is 1. The number of likely N-dealkylation sites (N-methyl/N-ethyl adjacent to an activating group) is 1. The second-order valence-corrected chi connectivity index (χ2v) is 7.49. The molecule has 2 heterocycles. The number of rotatable bonds is 6. The number of nitrogens with zero attached hydrogens (tertiary/aromatic N) is 3. The van der Waals surface area contributed by atoms with E-state index in [1.54, 1.807) is 22.4 Å². The van der Waals surface area contributed by atoms with E-state index in [2.05, 4.69) is 25.9 Å². The van der Waals surface area contributed by atoms with Crippen molar-refractivity contribution in [3.63, 3.8) is 0 Å². The van der Waals surface area contributed by atoms with E-state index in [4.69, 9.17) is 0 Å². The molecule has 1 aromatic carbocycles. The highest BCUT2D eigenvalue weighted by molar-refractivity contribution is 9.10. The van der Waals surface area contributed by atoms with E-state index in [9.17, 15) is 4.79 Å². The van der Waals surface area contributed by atoms with Crippen LogP contribution in [-0.4, -0.2) is 34.4 Å². The van der Waals surface area contributed by atoms with Gasteiger partial charge in [-0.1, -0.05) is 34.1 Å². The maximum atomic E-state index is 12.4. The van der Waals surface area contributed by atoms with E-state index in [0.29, 0.717) is 13.0 Å². The number of thiazole rings is 1. The molecule has 0 atom stereocenters. The van der Waals surface area contributed by atoms with Crippen molar-refractivity contribution in [3.8, 4) is 10.6 Å². The summed E-state index contributed by atoms with van der Waals surface area (Å²) in [5, 5.41) is 2.89. The molecule has 4 nitrogen and oxygen atoms in total. The highest BCUT2D eigenvalue weighted by atomic mass is 79.9. The van der Waals surface area contributed by atoms with Crippen LogP contribution in [0.4, 0.5) is 0 Å². The molecule has 0 aliphatic carbocycles. The number of halogens is 1. The van der Waals surface area contributed by atoms with Crippen molar-refractivity contribution in [2.24, 2.45) is 0 Å². The summed E-state index contributed by atoms with van der Waals surface area (Å²) in [5.74, 6) is 0.0713. The van der Waals surface area contributed by atoms with Crippen LogP contribution in [0.2, 0.25) is 0 Å². The Bertz CT molecular complexity index is 851. The van der Waals surface area contributed by atoms with Gasteiger partial charge in [-0.25, -0.2) is 4.98 Å². The normalized spacial score (nSPS) is 10.6. The van der Waals surface area contributed by atoms with Gasteiger partial charge >= 0.3 is 0 Å². The van der Waals surface area contributed by atoms with E-state index < -0.39 is 0 Å². The first-order valence-electron chi connectivity index (χ1n) is 7.96. The SMILES string of the molecule is CN(CCc1ccccn1)C(=O)Cc1csc(-c2cccc(Br)c2)n1. The maximum absolute atomic E-state index is 12.4. The predicted octanol–water partition coefficient (Wildman–Crippen LogP) is 4.21. The number of hydrogen-bond acceptors (Lipinski definition) is 4. The lowest BCUT2D eigenvalue weighted by atomic mass is 10.2. The number of hydrogen-bond donors (Lipinski definition) is 0. The average molecular weight is 416 g/mol. The Hall–Kier alpha value is -2.05. The molecule has 3 rings (SSSR count). The Morgan fingerprint density at radius 1 is 1.20 bits per heavy atom. The lowest BCUT2D eigenvalue weighted by Gasteiger charge is -2.16. The largest absolute Gasteiger partial charge is 0.345 e. The molecule has 0 saturated heterocycles. The second kappa shape index (κ2) is 8.36. The van der Waals surface area contributed by atoms with Crippen molar-refractivity contribution >= 4 is 33.2 Å². The molecule has 0 N–H and O–H groups in total. The van der Waals surface area contributed by atoms with Crippen molar-refractivity contribution in [1.29, 1.82) is 0 Å². The zero-order valence-corrected chi connectivity index (χ0v) is 16.3. The van der Waals surface area contributed by atoms with Crippen molar-refractivity contribution in [2.75, 3.05) is 13.6 Å². The van der Waals surface area contributed by atoms with Gasteiger partial charge in [0.2, 0.25) is 5.91 Å². The van der Waals surface area contributed by atoms with E-state index in [1.807, 2.05) is 54.9 Å². The third-order valence-corrected chi connectivity index (χ3v) is 5.24. The highest BCUT2D eigenvalue weighted by Gasteiger charge is 2.13. The summed E-state index contributed by atoms with van der Waals surface area (Å²) in [6, 6.07) is 13.8. The summed E-state index contributed by atoms with van der Waals surface area (Å²) < 4.78 is 1.02. The van der Waals surface area contributed by atoms with Crippen LogP contribution in [0.3, 0.4) is 0 Å². The molecular formula is C19H18BrN3OS. The van der Waals surface area contributed by atoms with Gasteiger partial charge in [-0.05, 0) is 24.3 Å². The Morgan fingerprint density at radius 3 is 2.84 bits per heavy atom. The fraction of sp³-hybridized carbons (Fsp3) is 0.211. The van der Waals surface area contributed by atoms with Crippen LogP contribution < -0.4 is 0 Å². The minimum Gasteiger partial charge on any atom is -0.345 e. The molecule has 25 heavy (non-hydrogen) atoms. The molecule has 0 radical (unpaired) electrons. The molecule has 0 saturated carbocycles. The molecule has 0 aliphatic rings. The molecule has 6 heteroatoms. The van der Waals surface area contributed by atoms with Crippen molar-refractivity contribution < 1.29 is 4.79 Å². The summed E-state index contributed by atoms with van der Waals surface area (Å²) in [5.41, 5.74) is 2.86. The predicted molar refractivity (Wildman–Crippen MR) is 105 cm³/mol. The first-order chi connectivity index (χ1) is 12.1. The lowest BCUT2D eigenvalue weighted by molar-refractivity contribution is -0.129. The number of carbonyl (C=O) groups excluding carboxylic acids is 1.